The highest BCUT2D eigenvalue weighted by Gasteiger charge is 2.23. The predicted octanol–water partition coefficient (Wildman–Crippen LogP) is 7.68. The lowest BCUT2D eigenvalue weighted by molar-refractivity contribution is -0.115. The fourth-order valence-corrected chi connectivity index (χ4v) is 5.69. The van der Waals surface area contributed by atoms with Gasteiger partial charge in [-0.05, 0) is 72.3 Å². The van der Waals surface area contributed by atoms with Crippen LogP contribution < -0.4 is 15.4 Å². The van der Waals surface area contributed by atoms with Crippen molar-refractivity contribution in [1.29, 1.82) is 0 Å². The van der Waals surface area contributed by atoms with E-state index in [2.05, 4.69) is 15.6 Å². The van der Waals surface area contributed by atoms with Crippen LogP contribution in [-0.2, 0) is 4.79 Å². The third kappa shape index (κ3) is 6.74. The maximum Gasteiger partial charge on any atom is 0.255 e. The molecule has 0 saturated carbocycles. The summed E-state index contributed by atoms with van der Waals surface area (Å²) in [4.78, 5) is 31.6. The van der Waals surface area contributed by atoms with Gasteiger partial charge in [-0.3, -0.25) is 9.59 Å². The first-order chi connectivity index (χ1) is 19.5. The molecule has 200 valence electrons. The Morgan fingerprint density at radius 2 is 1.65 bits per heavy atom. The van der Waals surface area contributed by atoms with Crippen molar-refractivity contribution < 1.29 is 18.7 Å². The number of thiazole rings is 1. The molecule has 4 aromatic carbocycles. The maximum atomic E-state index is 13.5. The molecule has 0 fully saturated rings. The highest BCUT2D eigenvalue weighted by Crippen LogP contribution is 2.38. The van der Waals surface area contributed by atoms with E-state index in [1.54, 1.807) is 49.6 Å². The molecule has 0 radical (unpaired) electrons. The third-order valence-corrected chi connectivity index (χ3v) is 7.92. The molecule has 9 heteroatoms. The lowest BCUT2D eigenvalue weighted by Gasteiger charge is -2.17. The van der Waals surface area contributed by atoms with Crippen LogP contribution in [0, 0.1) is 5.82 Å². The highest BCUT2D eigenvalue weighted by molar-refractivity contribution is 8.00. The molecule has 0 saturated heterocycles. The molecule has 0 bridgehead atoms. The van der Waals surface area contributed by atoms with Crippen LogP contribution in [0.3, 0.4) is 0 Å². The van der Waals surface area contributed by atoms with E-state index in [0.717, 1.165) is 16.0 Å². The van der Waals surface area contributed by atoms with Crippen LogP contribution in [0.25, 0.3) is 11.3 Å². The highest BCUT2D eigenvalue weighted by atomic mass is 32.2. The topological polar surface area (TPSA) is 80.3 Å². The third-order valence-electron chi connectivity index (χ3n) is 5.91. The zero-order valence-corrected chi connectivity index (χ0v) is 23.0. The number of benzene rings is 4. The lowest BCUT2D eigenvalue weighted by atomic mass is 10.1. The molecule has 0 spiro atoms. The Balaban J connectivity index is 1.32. The molecule has 2 amide bonds. The van der Waals surface area contributed by atoms with Crippen molar-refractivity contribution in [2.45, 2.75) is 10.1 Å². The Morgan fingerprint density at radius 1 is 0.900 bits per heavy atom. The first kappa shape index (κ1) is 27.1. The van der Waals surface area contributed by atoms with Crippen LogP contribution >= 0.6 is 23.1 Å². The van der Waals surface area contributed by atoms with E-state index >= 15 is 0 Å². The average Bonchev–Trinajstić information content (AvgIpc) is 3.45. The predicted molar refractivity (Wildman–Crippen MR) is 159 cm³/mol. The van der Waals surface area contributed by atoms with E-state index in [0.29, 0.717) is 27.8 Å². The Kier molecular flexibility index (Phi) is 8.53. The van der Waals surface area contributed by atoms with Crippen molar-refractivity contribution >= 4 is 45.7 Å². The van der Waals surface area contributed by atoms with Gasteiger partial charge >= 0.3 is 0 Å². The number of methoxy groups -OCH3 is 1. The van der Waals surface area contributed by atoms with Gasteiger partial charge in [0.25, 0.3) is 5.91 Å². The summed E-state index contributed by atoms with van der Waals surface area (Å²) in [6, 6.07) is 29.8. The standard InChI is InChI=1S/C31H24FN3O3S2/c1-38-25-16-12-22(13-17-25)29(36)33-24-8-5-9-26(18-24)40-28(21-6-3-2-4-7-21)30(37)35-31-34-27(19-39-31)20-10-14-23(32)15-11-20/h2-19,28H,1H3,(H,33,36)(H,34,35,37). The summed E-state index contributed by atoms with van der Waals surface area (Å²) in [7, 11) is 1.57. The van der Waals surface area contributed by atoms with Crippen molar-refractivity contribution in [2.75, 3.05) is 17.7 Å². The molecule has 2 N–H and O–H groups in total. The number of hydrogen-bond acceptors (Lipinski definition) is 6. The number of rotatable bonds is 9. The van der Waals surface area contributed by atoms with Gasteiger partial charge in [-0.1, -0.05) is 36.4 Å². The number of halogens is 1. The van der Waals surface area contributed by atoms with E-state index in [9.17, 15) is 14.0 Å². The molecular weight excluding hydrogens is 545 g/mol. The van der Waals surface area contributed by atoms with E-state index in [1.165, 1.54) is 35.2 Å². The van der Waals surface area contributed by atoms with Gasteiger partial charge in [-0.2, -0.15) is 0 Å². The average molecular weight is 570 g/mol. The molecule has 6 nitrogen and oxygen atoms in total. The van der Waals surface area contributed by atoms with Crippen LogP contribution in [0.1, 0.15) is 21.2 Å². The molecule has 1 unspecified atom stereocenters. The second-order valence-electron chi connectivity index (χ2n) is 8.65. The molecule has 5 rings (SSSR count). The first-order valence-corrected chi connectivity index (χ1v) is 14.0. The molecule has 1 atom stereocenters. The largest absolute Gasteiger partial charge is 0.497 e. The number of carbonyl (C=O) groups excluding carboxylic acids is 2. The van der Waals surface area contributed by atoms with Gasteiger partial charge in [0.2, 0.25) is 5.91 Å². The number of ether oxygens (including phenoxy) is 1. The Labute approximate surface area is 239 Å². The monoisotopic (exact) mass is 569 g/mol. The Bertz CT molecular complexity index is 1610. The normalized spacial score (nSPS) is 11.4. The number of nitrogens with zero attached hydrogens (tertiary/aromatic N) is 1. The summed E-state index contributed by atoms with van der Waals surface area (Å²) < 4.78 is 18.5. The molecule has 0 aliphatic heterocycles. The quantitative estimate of drug-likeness (QED) is 0.178. The van der Waals surface area contributed by atoms with Crippen molar-refractivity contribution in [2.24, 2.45) is 0 Å². The minimum Gasteiger partial charge on any atom is -0.497 e. The number of hydrogen-bond donors (Lipinski definition) is 2. The van der Waals surface area contributed by atoms with Crippen molar-refractivity contribution in [3.8, 4) is 17.0 Å². The van der Waals surface area contributed by atoms with Gasteiger partial charge in [0.05, 0.1) is 12.8 Å². The van der Waals surface area contributed by atoms with Gasteiger partial charge in [0, 0.05) is 27.1 Å². The van der Waals surface area contributed by atoms with Crippen LogP contribution in [0.2, 0.25) is 0 Å². The summed E-state index contributed by atoms with van der Waals surface area (Å²) >= 11 is 2.68. The zero-order valence-electron chi connectivity index (χ0n) is 21.3. The fourth-order valence-electron chi connectivity index (χ4n) is 3.88. The number of thioether (sulfide) groups is 1. The summed E-state index contributed by atoms with van der Waals surface area (Å²) in [6.45, 7) is 0. The van der Waals surface area contributed by atoms with Crippen molar-refractivity contribution in [3.63, 3.8) is 0 Å². The Morgan fingerprint density at radius 3 is 2.38 bits per heavy atom. The Hall–Kier alpha value is -4.47. The molecule has 1 aromatic heterocycles. The van der Waals surface area contributed by atoms with E-state index in [1.807, 2.05) is 53.9 Å². The second kappa shape index (κ2) is 12.6. The summed E-state index contributed by atoms with van der Waals surface area (Å²) in [5.74, 6) is -0.129. The van der Waals surface area contributed by atoms with Crippen LogP contribution in [0.15, 0.2) is 113 Å². The van der Waals surface area contributed by atoms with Crippen LogP contribution in [0.5, 0.6) is 5.75 Å². The second-order valence-corrected chi connectivity index (χ2v) is 10.7. The van der Waals surface area contributed by atoms with E-state index in [-0.39, 0.29) is 17.6 Å². The van der Waals surface area contributed by atoms with Crippen molar-refractivity contribution in [3.05, 3.63) is 125 Å². The van der Waals surface area contributed by atoms with Crippen LogP contribution in [0.4, 0.5) is 15.2 Å². The number of aromatic nitrogens is 1. The van der Waals surface area contributed by atoms with Gasteiger partial charge in [-0.15, -0.1) is 23.1 Å². The summed E-state index contributed by atoms with van der Waals surface area (Å²) in [5.41, 5.74) is 3.36. The SMILES string of the molecule is COc1ccc(C(=O)Nc2cccc(SC(C(=O)Nc3nc(-c4ccc(F)cc4)cs3)c3ccccc3)c2)cc1. The zero-order chi connectivity index (χ0) is 27.9. The van der Waals surface area contributed by atoms with Crippen molar-refractivity contribution in [1.82, 2.24) is 4.98 Å². The fraction of sp³-hybridized carbons (Fsp3) is 0.0645. The van der Waals surface area contributed by atoms with E-state index in [4.69, 9.17) is 4.74 Å². The number of carbonyl (C=O) groups is 2. The first-order valence-electron chi connectivity index (χ1n) is 12.3. The lowest BCUT2D eigenvalue weighted by Crippen LogP contribution is -2.19. The smallest absolute Gasteiger partial charge is 0.255 e. The summed E-state index contributed by atoms with van der Waals surface area (Å²) in [6.07, 6.45) is 0. The summed E-state index contributed by atoms with van der Waals surface area (Å²) in [5, 5.41) is 7.54. The molecular formula is C31H24FN3O3S2. The maximum absolute atomic E-state index is 13.5. The van der Waals surface area contributed by atoms with E-state index < -0.39 is 5.25 Å². The minimum atomic E-state index is -0.577. The molecule has 1 heterocycles. The van der Waals surface area contributed by atoms with Gasteiger partial charge in [0.15, 0.2) is 5.13 Å². The minimum absolute atomic E-state index is 0.233. The van der Waals surface area contributed by atoms with Gasteiger partial charge in [-0.25, -0.2) is 9.37 Å². The molecule has 0 aliphatic carbocycles. The number of anilines is 2. The van der Waals surface area contributed by atoms with Crippen LogP contribution in [-0.4, -0.2) is 23.9 Å². The molecule has 40 heavy (non-hydrogen) atoms. The van der Waals surface area contributed by atoms with Gasteiger partial charge in [0.1, 0.15) is 16.8 Å². The number of amides is 2. The number of nitrogens with one attached hydrogen (secondary N) is 2. The van der Waals surface area contributed by atoms with Gasteiger partial charge < -0.3 is 15.4 Å². The molecule has 5 aromatic rings. The molecule has 0 aliphatic rings.